The summed E-state index contributed by atoms with van der Waals surface area (Å²) < 4.78 is 1.96. The van der Waals surface area contributed by atoms with Crippen LogP contribution in [0.1, 0.15) is 47.1 Å². The van der Waals surface area contributed by atoms with Gasteiger partial charge < -0.3 is 0 Å². The Morgan fingerprint density at radius 2 is 2.04 bits per heavy atom. The molecule has 0 spiro atoms. The van der Waals surface area contributed by atoms with E-state index in [1.165, 1.54) is 23.4 Å². The van der Waals surface area contributed by atoms with E-state index in [1.54, 1.807) is 0 Å². The normalized spacial score (nSPS) is 17.5. The summed E-state index contributed by atoms with van der Waals surface area (Å²) in [7, 11) is 2.01. The van der Waals surface area contributed by atoms with E-state index in [-0.39, 0.29) is 0 Å². The molecule has 3 aromatic rings. The molecule has 0 bridgehead atoms. The zero-order chi connectivity index (χ0) is 18.8. The Morgan fingerprint density at radius 1 is 1.19 bits per heavy atom. The summed E-state index contributed by atoms with van der Waals surface area (Å²) in [6, 6.07) is 15.0. The Kier molecular flexibility index (Phi) is 5.28. The second-order valence-corrected chi connectivity index (χ2v) is 7.79. The van der Waals surface area contributed by atoms with Crippen LogP contribution in [0.5, 0.6) is 0 Å². The number of pyridine rings is 1. The maximum Gasteiger partial charge on any atom is 0.0581 e. The fourth-order valence-electron chi connectivity index (χ4n) is 4.02. The molecular weight excluding hydrogens is 356 g/mol. The van der Waals surface area contributed by atoms with Crippen LogP contribution in [-0.2, 0) is 20.0 Å². The summed E-state index contributed by atoms with van der Waals surface area (Å²) in [6.07, 6.45) is 5.06. The van der Waals surface area contributed by atoms with Crippen molar-refractivity contribution < 1.29 is 0 Å². The van der Waals surface area contributed by atoms with Gasteiger partial charge in [-0.15, -0.1) is 0 Å². The third kappa shape index (κ3) is 4.07. The maximum absolute atomic E-state index is 6.37. The van der Waals surface area contributed by atoms with Crippen molar-refractivity contribution in [3.05, 3.63) is 81.9 Å². The van der Waals surface area contributed by atoms with Gasteiger partial charge in [0, 0.05) is 30.5 Å². The largest absolute Gasteiger partial charge is 0.289 e. The van der Waals surface area contributed by atoms with E-state index in [1.807, 2.05) is 36.1 Å². The monoisotopic (exact) mass is 380 g/mol. The topological polar surface area (TPSA) is 34.0 Å². The van der Waals surface area contributed by atoms with Gasteiger partial charge in [-0.2, -0.15) is 5.10 Å². The van der Waals surface area contributed by atoms with Crippen LogP contribution in [0, 0.1) is 6.92 Å². The van der Waals surface area contributed by atoms with Crippen LogP contribution < -0.4 is 0 Å². The fourth-order valence-corrected chi connectivity index (χ4v) is 4.22. The molecule has 4 nitrogen and oxygen atoms in total. The van der Waals surface area contributed by atoms with Crippen molar-refractivity contribution >= 4 is 11.6 Å². The minimum absolute atomic E-state index is 0.366. The van der Waals surface area contributed by atoms with E-state index in [9.17, 15) is 0 Å². The van der Waals surface area contributed by atoms with Crippen molar-refractivity contribution in [1.82, 2.24) is 19.7 Å². The number of nitrogens with zero attached hydrogens (tertiary/aromatic N) is 4. The first-order valence-electron chi connectivity index (χ1n) is 9.52. The van der Waals surface area contributed by atoms with Gasteiger partial charge in [-0.25, -0.2) is 0 Å². The van der Waals surface area contributed by atoms with Crippen LogP contribution in [-0.4, -0.2) is 26.2 Å². The van der Waals surface area contributed by atoms with Crippen molar-refractivity contribution in [2.75, 3.05) is 6.54 Å². The van der Waals surface area contributed by atoms with Crippen molar-refractivity contribution in [3.8, 4) is 0 Å². The lowest BCUT2D eigenvalue weighted by Crippen LogP contribution is -2.25. The summed E-state index contributed by atoms with van der Waals surface area (Å²) in [6.45, 7) is 4.10. The molecule has 3 heterocycles. The molecule has 0 saturated carbocycles. The number of aryl methyl sites for hydroxylation is 2. The Balaban J connectivity index is 1.58. The molecule has 1 aliphatic rings. The molecule has 0 aliphatic carbocycles. The van der Waals surface area contributed by atoms with Crippen molar-refractivity contribution in [2.24, 2.45) is 7.05 Å². The third-order valence-corrected chi connectivity index (χ3v) is 5.75. The molecule has 1 atom stereocenters. The standard InChI is InChI=1S/C22H25ClN4/c1-16-12-17(13-18-6-3-4-7-20(18)23)14-21(25-16)22-8-5-11-27(22)15-19-9-10-24-26(19)2/h3-4,6-7,9-10,12,14,22H,5,8,11,13,15H2,1-2H3/t22-/m1/s1. The molecule has 0 N–H and O–H groups in total. The minimum atomic E-state index is 0.366. The smallest absolute Gasteiger partial charge is 0.0581 e. The number of hydrogen-bond acceptors (Lipinski definition) is 3. The molecule has 0 amide bonds. The SMILES string of the molecule is Cc1cc(Cc2ccccc2Cl)cc([C@H]2CCCN2Cc2ccnn2C)n1. The molecular formula is C22H25ClN4. The summed E-state index contributed by atoms with van der Waals surface area (Å²) in [5.41, 5.74) is 5.93. The van der Waals surface area contributed by atoms with Crippen LogP contribution in [0.25, 0.3) is 0 Å². The van der Waals surface area contributed by atoms with E-state index in [0.717, 1.165) is 42.2 Å². The maximum atomic E-state index is 6.37. The first-order chi connectivity index (χ1) is 13.1. The van der Waals surface area contributed by atoms with E-state index in [4.69, 9.17) is 16.6 Å². The fraction of sp³-hybridized carbons (Fsp3) is 0.364. The molecule has 2 aromatic heterocycles. The van der Waals surface area contributed by atoms with Crippen molar-refractivity contribution in [1.29, 1.82) is 0 Å². The Morgan fingerprint density at radius 3 is 2.81 bits per heavy atom. The van der Waals surface area contributed by atoms with Gasteiger partial charge in [0.2, 0.25) is 0 Å². The predicted octanol–water partition coefficient (Wildman–Crippen LogP) is 4.70. The molecule has 1 aliphatic heterocycles. The first-order valence-corrected chi connectivity index (χ1v) is 9.90. The van der Waals surface area contributed by atoms with Gasteiger partial charge in [0.25, 0.3) is 0 Å². The van der Waals surface area contributed by atoms with Gasteiger partial charge >= 0.3 is 0 Å². The molecule has 4 rings (SSSR count). The van der Waals surface area contributed by atoms with E-state index in [2.05, 4.69) is 41.2 Å². The van der Waals surface area contributed by atoms with Gasteiger partial charge in [0.05, 0.1) is 17.4 Å². The van der Waals surface area contributed by atoms with Crippen LogP contribution in [0.4, 0.5) is 0 Å². The molecule has 1 saturated heterocycles. The van der Waals surface area contributed by atoms with E-state index >= 15 is 0 Å². The average molecular weight is 381 g/mol. The summed E-state index contributed by atoms with van der Waals surface area (Å²) in [5.74, 6) is 0. The summed E-state index contributed by atoms with van der Waals surface area (Å²) >= 11 is 6.37. The van der Waals surface area contributed by atoms with Crippen molar-refractivity contribution in [2.45, 2.75) is 38.8 Å². The van der Waals surface area contributed by atoms with Crippen molar-refractivity contribution in [3.63, 3.8) is 0 Å². The highest BCUT2D eigenvalue weighted by molar-refractivity contribution is 6.31. The van der Waals surface area contributed by atoms with Gasteiger partial charge in [0.15, 0.2) is 0 Å². The second-order valence-electron chi connectivity index (χ2n) is 7.38. The molecule has 1 aromatic carbocycles. The van der Waals surface area contributed by atoms with E-state index in [0.29, 0.717) is 6.04 Å². The van der Waals surface area contributed by atoms with E-state index < -0.39 is 0 Å². The third-order valence-electron chi connectivity index (χ3n) is 5.38. The molecule has 140 valence electrons. The molecule has 1 fully saturated rings. The predicted molar refractivity (Wildman–Crippen MR) is 109 cm³/mol. The molecule has 27 heavy (non-hydrogen) atoms. The Labute approximate surface area is 165 Å². The number of rotatable bonds is 5. The molecule has 0 radical (unpaired) electrons. The number of aromatic nitrogens is 3. The van der Waals surface area contributed by atoms with Crippen LogP contribution in [0.3, 0.4) is 0 Å². The average Bonchev–Trinajstić information content (AvgIpc) is 3.26. The Bertz CT molecular complexity index is 934. The molecule has 0 unspecified atom stereocenters. The first kappa shape index (κ1) is 18.2. The van der Waals surface area contributed by atoms with Crippen LogP contribution in [0.15, 0.2) is 48.7 Å². The zero-order valence-electron chi connectivity index (χ0n) is 15.9. The second kappa shape index (κ2) is 7.83. The highest BCUT2D eigenvalue weighted by Gasteiger charge is 2.28. The minimum Gasteiger partial charge on any atom is -0.289 e. The lowest BCUT2D eigenvalue weighted by molar-refractivity contribution is 0.238. The number of hydrogen-bond donors (Lipinski definition) is 0. The lowest BCUT2D eigenvalue weighted by Gasteiger charge is -2.24. The number of benzene rings is 1. The summed E-state index contributed by atoms with van der Waals surface area (Å²) in [5, 5.41) is 5.13. The zero-order valence-corrected chi connectivity index (χ0v) is 16.7. The lowest BCUT2D eigenvalue weighted by atomic mass is 10.0. The highest BCUT2D eigenvalue weighted by atomic mass is 35.5. The molecule has 5 heteroatoms. The number of halogens is 1. The van der Waals surface area contributed by atoms with Crippen LogP contribution >= 0.6 is 11.6 Å². The van der Waals surface area contributed by atoms with Gasteiger partial charge in [0.1, 0.15) is 0 Å². The quantitative estimate of drug-likeness (QED) is 0.643. The number of likely N-dealkylation sites (tertiary alicyclic amines) is 1. The highest BCUT2D eigenvalue weighted by Crippen LogP contribution is 2.33. The van der Waals surface area contributed by atoms with Gasteiger partial charge in [-0.05, 0) is 68.1 Å². The van der Waals surface area contributed by atoms with Crippen LogP contribution in [0.2, 0.25) is 5.02 Å². The van der Waals surface area contributed by atoms with Gasteiger partial charge in [-0.1, -0.05) is 29.8 Å². The summed E-state index contributed by atoms with van der Waals surface area (Å²) in [4.78, 5) is 7.41. The van der Waals surface area contributed by atoms with Gasteiger partial charge in [-0.3, -0.25) is 14.6 Å². The Hall–Kier alpha value is -2.17.